The van der Waals surface area contributed by atoms with Crippen molar-refractivity contribution in [3.8, 4) is 0 Å². The van der Waals surface area contributed by atoms with Crippen LogP contribution in [0.25, 0.3) is 0 Å². The van der Waals surface area contributed by atoms with E-state index in [0.717, 1.165) is 16.3 Å². The molecule has 0 aliphatic rings. The van der Waals surface area contributed by atoms with E-state index >= 15 is 0 Å². The molecule has 0 aliphatic heterocycles. The molecule has 0 radical (unpaired) electrons. The van der Waals surface area contributed by atoms with Gasteiger partial charge in [-0.25, -0.2) is 0 Å². The third kappa shape index (κ3) is 5.02. The third-order valence-electron chi connectivity index (χ3n) is 2.59. The van der Waals surface area contributed by atoms with Crippen molar-refractivity contribution in [2.45, 2.75) is 24.1 Å². The van der Waals surface area contributed by atoms with Gasteiger partial charge in [0.15, 0.2) is 0 Å². The van der Waals surface area contributed by atoms with E-state index < -0.39 is 5.76 Å². The molecule has 0 saturated carbocycles. The number of rotatable bonds is 6. The third-order valence-corrected chi connectivity index (χ3v) is 4.23. The highest BCUT2D eigenvalue weighted by Gasteiger charge is 2.07. The summed E-state index contributed by atoms with van der Waals surface area (Å²) in [4.78, 5) is 12.6. The van der Waals surface area contributed by atoms with Gasteiger partial charge >= 0.3 is 0 Å². The van der Waals surface area contributed by atoms with Crippen LogP contribution in [0.5, 0.6) is 0 Å². The number of hydrogen-bond acceptors (Lipinski definition) is 4. The summed E-state index contributed by atoms with van der Waals surface area (Å²) in [6.07, 6.45) is 0. The van der Waals surface area contributed by atoms with Crippen molar-refractivity contribution in [3.63, 3.8) is 0 Å². The summed E-state index contributed by atoms with van der Waals surface area (Å²) in [5.74, 6) is -2.52. The minimum atomic E-state index is -2.41. The average molecular weight is 328 g/mol. The standard InChI is InChI=1S/C14H14F2N2OS2/c1-9(19)18-12-6-7-20-13(12)8-17-10-2-4-11(5-3-10)21-14(15)16/h2-7,14,17H,8H2,1H3,(H,18,19). The van der Waals surface area contributed by atoms with E-state index in [2.05, 4.69) is 10.6 Å². The van der Waals surface area contributed by atoms with E-state index in [1.165, 1.54) is 6.92 Å². The second-order valence-electron chi connectivity index (χ2n) is 4.20. The van der Waals surface area contributed by atoms with Crippen LogP contribution in [-0.4, -0.2) is 11.7 Å². The van der Waals surface area contributed by atoms with E-state index in [0.29, 0.717) is 23.2 Å². The lowest BCUT2D eigenvalue weighted by molar-refractivity contribution is -0.114. The minimum absolute atomic E-state index is 0.108. The maximum atomic E-state index is 12.2. The van der Waals surface area contributed by atoms with Gasteiger partial charge in [-0.05, 0) is 35.7 Å². The number of alkyl halides is 2. The number of amides is 1. The van der Waals surface area contributed by atoms with Crippen molar-refractivity contribution >= 4 is 40.4 Å². The first-order chi connectivity index (χ1) is 10.0. The molecule has 1 aromatic carbocycles. The topological polar surface area (TPSA) is 41.1 Å². The fourth-order valence-corrected chi connectivity index (χ4v) is 2.98. The number of hydrogen-bond donors (Lipinski definition) is 2. The van der Waals surface area contributed by atoms with Gasteiger partial charge in [0.2, 0.25) is 5.91 Å². The highest BCUT2D eigenvalue weighted by molar-refractivity contribution is 7.99. The fraction of sp³-hybridized carbons (Fsp3) is 0.214. The lowest BCUT2D eigenvalue weighted by atomic mass is 10.3. The van der Waals surface area contributed by atoms with Gasteiger partial charge in [0, 0.05) is 22.4 Å². The van der Waals surface area contributed by atoms with Gasteiger partial charge in [0.1, 0.15) is 0 Å². The number of anilines is 2. The number of thiophene rings is 1. The normalized spacial score (nSPS) is 10.7. The maximum Gasteiger partial charge on any atom is 0.288 e. The summed E-state index contributed by atoms with van der Waals surface area (Å²) in [6.45, 7) is 2.03. The zero-order valence-corrected chi connectivity index (χ0v) is 12.9. The lowest BCUT2D eigenvalue weighted by Crippen LogP contribution is -2.08. The first-order valence-corrected chi connectivity index (χ1v) is 7.93. The van der Waals surface area contributed by atoms with E-state index in [-0.39, 0.29) is 5.91 Å². The number of thioether (sulfide) groups is 1. The summed E-state index contributed by atoms with van der Waals surface area (Å²) in [6, 6.07) is 8.68. The largest absolute Gasteiger partial charge is 0.380 e. The van der Waals surface area contributed by atoms with Crippen LogP contribution in [0.2, 0.25) is 0 Å². The molecule has 0 aliphatic carbocycles. The molecule has 0 bridgehead atoms. The van der Waals surface area contributed by atoms with E-state index in [9.17, 15) is 13.6 Å². The molecule has 112 valence electrons. The second kappa shape index (κ2) is 7.42. The number of nitrogens with one attached hydrogen (secondary N) is 2. The molecule has 2 rings (SSSR count). The zero-order chi connectivity index (χ0) is 15.2. The van der Waals surface area contributed by atoms with E-state index in [4.69, 9.17) is 0 Å². The van der Waals surface area contributed by atoms with Gasteiger partial charge in [0.05, 0.1) is 12.2 Å². The van der Waals surface area contributed by atoms with Crippen LogP contribution in [0.4, 0.5) is 20.2 Å². The van der Waals surface area contributed by atoms with Crippen molar-refractivity contribution < 1.29 is 13.6 Å². The van der Waals surface area contributed by atoms with Crippen LogP contribution < -0.4 is 10.6 Å². The van der Waals surface area contributed by atoms with E-state index in [1.54, 1.807) is 35.6 Å². The monoisotopic (exact) mass is 328 g/mol. The zero-order valence-electron chi connectivity index (χ0n) is 11.2. The fourth-order valence-electron chi connectivity index (χ4n) is 1.72. The summed E-state index contributed by atoms with van der Waals surface area (Å²) in [5, 5.41) is 7.88. The smallest absolute Gasteiger partial charge is 0.288 e. The number of carbonyl (C=O) groups excluding carboxylic acids is 1. The van der Waals surface area contributed by atoms with Crippen LogP contribution >= 0.6 is 23.1 Å². The second-order valence-corrected chi connectivity index (χ2v) is 6.26. The van der Waals surface area contributed by atoms with Crippen molar-refractivity contribution in [2.75, 3.05) is 10.6 Å². The number of halogens is 2. The quantitative estimate of drug-likeness (QED) is 0.760. The Morgan fingerprint density at radius 1 is 1.29 bits per heavy atom. The van der Waals surface area contributed by atoms with Gasteiger partial charge in [-0.15, -0.1) is 11.3 Å². The van der Waals surface area contributed by atoms with Gasteiger partial charge in [0.25, 0.3) is 5.76 Å². The Morgan fingerprint density at radius 3 is 2.62 bits per heavy atom. The minimum Gasteiger partial charge on any atom is -0.380 e. The first kappa shape index (κ1) is 15.8. The molecule has 1 amide bonds. The molecule has 2 N–H and O–H groups in total. The molecule has 1 aromatic heterocycles. The molecule has 0 saturated heterocycles. The predicted molar refractivity (Wildman–Crippen MR) is 84.3 cm³/mol. The summed E-state index contributed by atoms with van der Waals surface area (Å²) in [5.41, 5.74) is 1.64. The Bertz CT molecular complexity index is 599. The molecule has 0 fully saturated rings. The maximum absolute atomic E-state index is 12.2. The van der Waals surface area contributed by atoms with Crippen LogP contribution in [0.1, 0.15) is 11.8 Å². The van der Waals surface area contributed by atoms with Gasteiger partial charge in [-0.3, -0.25) is 4.79 Å². The van der Waals surface area contributed by atoms with Gasteiger partial charge in [-0.2, -0.15) is 8.78 Å². The first-order valence-electron chi connectivity index (χ1n) is 6.17. The number of carbonyl (C=O) groups is 1. The molecule has 0 unspecified atom stereocenters. The Labute approximate surface area is 129 Å². The molecule has 2 aromatic rings. The Kier molecular flexibility index (Phi) is 5.58. The summed E-state index contributed by atoms with van der Waals surface area (Å²) < 4.78 is 24.4. The Hall–Kier alpha value is -1.60. The van der Waals surface area contributed by atoms with Crippen molar-refractivity contribution in [1.29, 1.82) is 0 Å². The van der Waals surface area contributed by atoms with Gasteiger partial charge < -0.3 is 10.6 Å². The van der Waals surface area contributed by atoms with Gasteiger partial charge in [-0.1, -0.05) is 11.8 Å². The average Bonchev–Trinajstić information content (AvgIpc) is 2.84. The molecule has 1 heterocycles. The molecule has 0 spiro atoms. The highest BCUT2D eigenvalue weighted by atomic mass is 32.2. The van der Waals surface area contributed by atoms with Crippen LogP contribution in [0, 0.1) is 0 Å². The summed E-state index contributed by atoms with van der Waals surface area (Å²) >= 11 is 2.07. The van der Waals surface area contributed by atoms with Crippen LogP contribution in [0.15, 0.2) is 40.6 Å². The molecule has 21 heavy (non-hydrogen) atoms. The van der Waals surface area contributed by atoms with Crippen molar-refractivity contribution in [2.24, 2.45) is 0 Å². The highest BCUT2D eigenvalue weighted by Crippen LogP contribution is 2.27. The van der Waals surface area contributed by atoms with Crippen molar-refractivity contribution in [3.05, 3.63) is 40.6 Å². The van der Waals surface area contributed by atoms with Crippen LogP contribution in [-0.2, 0) is 11.3 Å². The molecular formula is C14H14F2N2OS2. The molecule has 0 atom stereocenters. The number of benzene rings is 1. The van der Waals surface area contributed by atoms with Crippen LogP contribution in [0.3, 0.4) is 0 Å². The summed E-state index contributed by atoms with van der Waals surface area (Å²) in [7, 11) is 0. The predicted octanol–water partition coefficient (Wildman–Crippen LogP) is 4.63. The molecular weight excluding hydrogens is 314 g/mol. The lowest BCUT2D eigenvalue weighted by Gasteiger charge is -2.08. The SMILES string of the molecule is CC(=O)Nc1ccsc1CNc1ccc(SC(F)F)cc1. The Morgan fingerprint density at radius 2 is 2.00 bits per heavy atom. The van der Waals surface area contributed by atoms with E-state index in [1.807, 2.05) is 11.4 Å². The molecule has 7 heteroatoms. The molecule has 3 nitrogen and oxygen atoms in total. The Balaban J connectivity index is 1.94. The van der Waals surface area contributed by atoms with Crippen molar-refractivity contribution in [1.82, 2.24) is 0 Å².